The molecule has 0 aromatic heterocycles. The summed E-state index contributed by atoms with van der Waals surface area (Å²) in [6, 6.07) is 13.2. The predicted octanol–water partition coefficient (Wildman–Crippen LogP) is 3.80. The van der Waals surface area contributed by atoms with E-state index in [0.29, 0.717) is 11.5 Å². The van der Waals surface area contributed by atoms with Crippen molar-refractivity contribution in [2.45, 2.75) is 33.6 Å². The fourth-order valence-electron chi connectivity index (χ4n) is 2.45. The van der Waals surface area contributed by atoms with E-state index in [4.69, 9.17) is 0 Å². The Labute approximate surface area is 143 Å². The summed E-state index contributed by atoms with van der Waals surface area (Å²) in [6.07, 6.45) is 0. The molecule has 24 heavy (non-hydrogen) atoms. The van der Waals surface area contributed by atoms with E-state index in [1.54, 1.807) is 6.07 Å². The fraction of sp³-hybridized carbons (Fsp3) is 0.300. The molecule has 2 N–H and O–H groups in total. The van der Waals surface area contributed by atoms with Gasteiger partial charge in [-0.05, 0) is 54.7 Å². The van der Waals surface area contributed by atoms with E-state index in [0.717, 1.165) is 22.4 Å². The summed E-state index contributed by atoms with van der Waals surface area (Å²) < 4.78 is 0. The zero-order valence-electron chi connectivity index (χ0n) is 14.6. The minimum absolute atomic E-state index is 0.0574. The normalized spacial score (nSPS) is 10.5. The molecule has 2 aromatic carbocycles. The van der Waals surface area contributed by atoms with Crippen molar-refractivity contribution in [1.82, 2.24) is 5.32 Å². The fourth-order valence-corrected chi connectivity index (χ4v) is 2.45. The molecule has 2 rings (SSSR count). The number of nitrogens with one attached hydrogen (secondary N) is 2. The molecule has 126 valence electrons. The summed E-state index contributed by atoms with van der Waals surface area (Å²) in [4.78, 5) is 24.3. The van der Waals surface area contributed by atoms with Crippen molar-refractivity contribution >= 4 is 17.5 Å². The molecule has 2 amide bonds. The summed E-state index contributed by atoms with van der Waals surface area (Å²) in [6.45, 7) is 8.05. The largest absolute Gasteiger partial charge is 0.343 e. The van der Waals surface area contributed by atoms with E-state index < -0.39 is 0 Å². The Morgan fingerprint density at radius 3 is 2.38 bits per heavy atom. The van der Waals surface area contributed by atoms with Gasteiger partial charge in [-0.1, -0.05) is 38.1 Å². The predicted molar refractivity (Wildman–Crippen MR) is 97.4 cm³/mol. The van der Waals surface area contributed by atoms with Crippen LogP contribution < -0.4 is 10.6 Å². The number of carbonyl (C=O) groups excluding carboxylic acids is 2. The maximum Gasteiger partial charge on any atom is 0.251 e. The average molecular weight is 324 g/mol. The molecular weight excluding hydrogens is 300 g/mol. The van der Waals surface area contributed by atoms with Crippen LogP contribution in [0.1, 0.15) is 46.8 Å². The maximum absolute atomic E-state index is 12.1. The number of anilines is 1. The molecular formula is C20H24N2O2. The Hall–Kier alpha value is -2.62. The van der Waals surface area contributed by atoms with Gasteiger partial charge in [0.05, 0.1) is 6.54 Å². The number of rotatable bonds is 5. The summed E-state index contributed by atoms with van der Waals surface area (Å²) >= 11 is 0. The van der Waals surface area contributed by atoms with Crippen molar-refractivity contribution in [3.8, 4) is 0 Å². The van der Waals surface area contributed by atoms with Gasteiger partial charge in [0.1, 0.15) is 0 Å². The van der Waals surface area contributed by atoms with Gasteiger partial charge in [-0.25, -0.2) is 0 Å². The second-order valence-electron chi connectivity index (χ2n) is 6.27. The van der Waals surface area contributed by atoms with Gasteiger partial charge in [-0.3, -0.25) is 9.59 Å². The molecule has 0 aliphatic rings. The molecule has 0 bridgehead atoms. The van der Waals surface area contributed by atoms with Crippen LogP contribution in [0.2, 0.25) is 0 Å². The third-order valence-electron chi connectivity index (χ3n) is 4.04. The zero-order chi connectivity index (χ0) is 17.7. The monoisotopic (exact) mass is 324 g/mol. The lowest BCUT2D eigenvalue weighted by atomic mass is 10.0. The Bertz CT molecular complexity index is 751. The molecule has 0 aliphatic heterocycles. The van der Waals surface area contributed by atoms with Crippen molar-refractivity contribution in [2.75, 3.05) is 11.9 Å². The number of benzene rings is 2. The number of amides is 2. The zero-order valence-corrected chi connectivity index (χ0v) is 14.6. The van der Waals surface area contributed by atoms with Gasteiger partial charge in [-0.2, -0.15) is 0 Å². The Morgan fingerprint density at radius 2 is 1.71 bits per heavy atom. The van der Waals surface area contributed by atoms with Crippen molar-refractivity contribution in [2.24, 2.45) is 0 Å². The molecule has 0 radical (unpaired) electrons. The summed E-state index contributed by atoms with van der Waals surface area (Å²) in [7, 11) is 0. The lowest BCUT2D eigenvalue weighted by Crippen LogP contribution is -2.33. The van der Waals surface area contributed by atoms with E-state index in [1.807, 2.05) is 50.2 Å². The minimum Gasteiger partial charge on any atom is -0.343 e. The van der Waals surface area contributed by atoms with Crippen LogP contribution in [0, 0.1) is 13.8 Å². The topological polar surface area (TPSA) is 58.2 Å². The average Bonchev–Trinajstić information content (AvgIpc) is 2.55. The first kappa shape index (κ1) is 17.7. The van der Waals surface area contributed by atoms with E-state index in [9.17, 15) is 9.59 Å². The van der Waals surface area contributed by atoms with Crippen molar-refractivity contribution in [1.29, 1.82) is 0 Å². The van der Waals surface area contributed by atoms with Crippen LogP contribution in [-0.2, 0) is 4.79 Å². The molecule has 4 nitrogen and oxygen atoms in total. The van der Waals surface area contributed by atoms with Gasteiger partial charge in [-0.15, -0.1) is 0 Å². The molecule has 0 heterocycles. The van der Waals surface area contributed by atoms with Gasteiger partial charge in [0.2, 0.25) is 5.91 Å². The van der Waals surface area contributed by atoms with Crippen LogP contribution in [0.5, 0.6) is 0 Å². The molecule has 0 saturated heterocycles. The Balaban J connectivity index is 1.96. The van der Waals surface area contributed by atoms with Gasteiger partial charge in [0.15, 0.2) is 0 Å². The van der Waals surface area contributed by atoms with Crippen LogP contribution >= 0.6 is 0 Å². The van der Waals surface area contributed by atoms with Gasteiger partial charge >= 0.3 is 0 Å². The van der Waals surface area contributed by atoms with Gasteiger partial charge in [0, 0.05) is 11.3 Å². The van der Waals surface area contributed by atoms with Crippen LogP contribution in [0.4, 0.5) is 5.69 Å². The highest BCUT2D eigenvalue weighted by Gasteiger charge is 2.11. The third-order valence-corrected chi connectivity index (χ3v) is 4.04. The quantitative estimate of drug-likeness (QED) is 0.879. The molecule has 0 atom stereocenters. The molecule has 0 aliphatic carbocycles. The Morgan fingerprint density at radius 1 is 1.00 bits per heavy atom. The standard InChI is InChI=1S/C20H24N2O2/c1-13(2)17-7-5-6-8-18(17)22-19(23)12-21-20(24)16-10-9-14(3)15(4)11-16/h5-11,13H,12H2,1-4H3,(H,21,24)(H,22,23). The number of aryl methyl sites for hydroxylation is 2. The minimum atomic E-state index is -0.245. The number of hydrogen-bond acceptors (Lipinski definition) is 2. The SMILES string of the molecule is Cc1ccc(C(=O)NCC(=O)Nc2ccccc2C(C)C)cc1C. The second kappa shape index (κ2) is 7.77. The van der Waals surface area contributed by atoms with Crippen LogP contribution in [-0.4, -0.2) is 18.4 Å². The van der Waals surface area contributed by atoms with E-state index in [1.165, 1.54) is 0 Å². The second-order valence-corrected chi connectivity index (χ2v) is 6.27. The van der Waals surface area contributed by atoms with Crippen molar-refractivity contribution in [3.05, 3.63) is 64.7 Å². The van der Waals surface area contributed by atoms with Crippen molar-refractivity contribution in [3.63, 3.8) is 0 Å². The first-order chi connectivity index (χ1) is 11.4. The number of carbonyl (C=O) groups is 2. The third kappa shape index (κ3) is 4.44. The first-order valence-electron chi connectivity index (χ1n) is 8.12. The van der Waals surface area contributed by atoms with Gasteiger partial charge < -0.3 is 10.6 Å². The molecule has 0 spiro atoms. The lowest BCUT2D eigenvalue weighted by Gasteiger charge is -2.14. The highest BCUT2D eigenvalue weighted by molar-refractivity contribution is 5.99. The Kier molecular flexibility index (Phi) is 5.74. The molecule has 0 saturated carbocycles. The number of hydrogen-bond donors (Lipinski definition) is 2. The molecule has 0 fully saturated rings. The number of para-hydroxylation sites is 1. The van der Waals surface area contributed by atoms with Crippen LogP contribution in [0.3, 0.4) is 0 Å². The summed E-state index contributed by atoms with van der Waals surface area (Å²) in [5, 5.41) is 5.53. The highest BCUT2D eigenvalue weighted by Crippen LogP contribution is 2.23. The van der Waals surface area contributed by atoms with Crippen LogP contribution in [0.15, 0.2) is 42.5 Å². The molecule has 2 aromatic rings. The summed E-state index contributed by atoms with van der Waals surface area (Å²) in [5.41, 5.74) is 4.62. The van der Waals surface area contributed by atoms with E-state index >= 15 is 0 Å². The summed E-state index contributed by atoms with van der Waals surface area (Å²) in [5.74, 6) is -0.169. The van der Waals surface area contributed by atoms with E-state index in [2.05, 4.69) is 24.5 Å². The molecule has 0 unspecified atom stereocenters. The maximum atomic E-state index is 12.1. The smallest absolute Gasteiger partial charge is 0.251 e. The van der Waals surface area contributed by atoms with Crippen LogP contribution in [0.25, 0.3) is 0 Å². The van der Waals surface area contributed by atoms with E-state index in [-0.39, 0.29) is 18.4 Å². The molecule has 4 heteroatoms. The highest BCUT2D eigenvalue weighted by atomic mass is 16.2. The van der Waals surface area contributed by atoms with Gasteiger partial charge in [0.25, 0.3) is 5.91 Å². The first-order valence-corrected chi connectivity index (χ1v) is 8.12. The lowest BCUT2D eigenvalue weighted by molar-refractivity contribution is -0.115. The van der Waals surface area contributed by atoms with Crippen molar-refractivity contribution < 1.29 is 9.59 Å².